The van der Waals surface area contributed by atoms with E-state index < -0.39 is 0 Å². The summed E-state index contributed by atoms with van der Waals surface area (Å²) in [6, 6.07) is 7.42. The van der Waals surface area contributed by atoms with Gasteiger partial charge in [0, 0.05) is 44.2 Å². The Morgan fingerprint density at radius 2 is 1.56 bits per heavy atom. The van der Waals surface area contributed by atoms with Crippen LogP contribution in [0.5, 0.6) is 0 Å². The zero-order valence-electron chi connectivity index (χ0n) is 20.4. The van der Waals surface area contributed by atoms with Crippen LogP contribution >= 0.6 is 0 Å². The maximum atomic E-state index is 13.9. The molecular weight excluding hydrogens is 431 g/mol. The number of rotatable bonds is 7. The first-order valence-electron chi connectivity index (χ1n) is 13.3. The molecule has 3 aliphatic rings. The van der Waals surface area contributed by atoms with Gasteiger partial charge in [0.25, 0.3) is 0 Å². The first-order valence-corrected chi connectivity index (χ1v) is 13.3. The third-order valence-electron chi connectivity index (χ3n) is 7.96. The first-order chi connectivity index (χ1) is 16.6. The van der Waals surface area contributed by atoms with E-state index >= 15 is 0 Å². The first kappa shape index (κ1) is 25.0. The molecule has 0 radical (unpaired) electrons. The smallest absolute Gasteiger partial charge is 0.317 e. The molecule has 0 spiro atoms. The third kappa shape index (κ3) is 7.42. The Morgan fingerprint density at radius 3 is 2.26 bits per heavy atom. The Hall–Kier alpha value is -2.15. The number of nitrogens with one attached hydrogen (secondary N) is 2. The molecule has 0 atom stereocenters. The van der Waals surface area contributed by atoms with E-state index in [1.807, 2.05) is 17.0 Å². The van der Waals surface area contributed by atoms with E-state index in [0.717, 1.165) is 76.8 Å². The maximum Gasteiger partial charge on any atom is 0.317 e. The van der Waals surface area contributed by atoms with Crippen LogP contribution in [0, 0.1) is 17.7 Å². The minimum absolute atomic E-state index is 0.0798. The highest BCUT2D eigenvalue weighted by atomic mass is 19.1. The van der Waals surface area contributed by atoms with Crippen LogP contribution in [0.25, 0.3) is 0 Å². The van der Waals surface area contributed by atoms with Gasteiger partial charge >= 0.3 is 6.03 Å². The normalized spacial score (nSPS) is 21.4. The Labute approximate surface area is 203 Å². The SMILES string of the molecule is O=C(CC1CCN(C(=O)NC2CCCCC2)CC1)NCC1CCN(Cc2ccccc2F)CC1. The molecule has 0 unspecified atom stereocenters. The average molecular weight is 473 g/mol. The van der Waals surface area contributed by atoms with E-state index in [1.165, 1.54) is 25.3 Å². The lowest BCUT2D eigenvalue weighted by atomic mass is 9.92. The van der Waals surface area contributed by atoms with E-state index in [2.05, 4.69) is 15.5 Å². The molecule has 3 fully saturated rings. The quantitative estimate of drug-likeness (QED) is 0.622. The summed E-state index contributed by atoms with van der Waals surface area (Å²) in [5.41, 5.74) is 0.756. The summed E-state index contributed by atoms with van der Waals surface area (Å²) in [5.74, 6) is 0.860. The van der Waals surface area contributed by atoms with Crippen molar-refractivity contribution in [2.24, 2.45) is 11.8 Å². The van der Waals surface area contributed by atoms with Gasteiger partial charge < -0.3 is 15.5 Å². The van der Waals surface area contributed by atoms with Gasteiger partial charge in [0.1, 0.15) is 5.82 Å². The summed E-state index contributed by atoms with van der Waals surface area (Å²) in [5, 5.41) is 6.36. The standard InChI is InChI=1S/C27H41FN4O2/c28-25-9-5-4-6-23(25)20-31-14-10-22(11-15-31)19-29-26(33)18-21-12-16-32(17-13-21)27(34)30-24-7-2-1-3-8-24/h4-6,9,21-22,24H,1-3,7-8,10-20H2,(H,29,33)(H,30,34). The highest BCUT2D eigenvalue weighted by Crippen LogP contribution is 2.23. The fourth-order valence-electron chi connectivity index (χ4n) is 5.66. The van der Waals surface area contributed by atoms with Crippen LogP contribution < -0.4 is 10.6 Å². The van der Waals surface area contributed by atoms with Gasteiger partial charge in [-0.3, -0.25) is 9.69 Å². The topological polar surface area (TPSA) is 64.7 Å². The zero-order chi connectivity index (χ0) is 23.8. The molecule has 2 saturated heterocycles. The van der Waals surface area contributed by atoms with Gasteiger partial charge in [-0.05, 0) is 69.5 Å². The van der Waals surface area contributed by atoms with E-state index in [1.54, 1.807) is 6.07 Å². The predicted octanol–water partition coefficient (Wildman–Crippen LogP) is 4.30. The highest BCUT2D eigenvalue weighted by molar-refractivity contribution is 5.76. The van der Waals surface area contributed by atoms with Crippen LogP contribution in [0.1, 0.15) is 69.8 Å². The number of nitrogens with zero attached hydrogens (tertiary/aromatic N) is 2. The van der Waals surface area contributed by atoms with E-state index in [9.17, 15) is 14.0 Å². The van der Waals surface area contributed by atoms with Gasteiger partial charge in [-0.2, -0.15) is 0 Å². The summed E-state index contributed by atoms with van der Waals surface area (Å²) in [6.07, 6.45) is 10.4. The monoisotopic (exact) mass is 472 g/mol. The number of likely N-dealkylation sites (tertiary alicyclic amines) is 2. The largest absolute Gasteiger partial charge is 0.356 e. The number of urea groups is 1. The van der Waals surface area contributed by atoms with E-state index in [0.29, 0.717) is 30.8 Å². The summed E-state index contributed by atoms with van der Waals surface area (Å²) >= 11 is 0. The van der Waals surface area contributed by atoms with Crippen molar-refractivity contribution in [2.75, 3.05) is 32.7 Å². The van der Waals surface area contributed by atoms with Crippen LogP contribution in [0.3, 0.4) is 0 Å². The van der Waals surface area contributed by atoms with Crippen molar-refractivity contribution in [1.82, 2.24) is 20.4 Å². The minimum Gasteiger partial charge on any atom is -0.356 e. The van der Waals surface area contributed by atoms with Crippen molar-refractivity contribution in [3.8, 4) is 0 Å². The third-order valence-corrected chi connectivity index (χ3v) is 7.96. The van der Waals surface area contributed by atoms with Crippen molar-refractivity contribution in [3.63, 3.8) is 0 Å². The highest BCUT2D eigenvalue weighted by Gasteiger charge is 2.27. The molecule has 2 heterocycles. The number of carbonyl (C=O) groups excluding carboxylic acids is 2. The molecule has 34 heavy (non-hydrogen) atoms. The van der Waals surface area contributed by atoms with Gasteiger partial charge in [-0.25, -0.2) is 9.18 Å². The van der Waals surface area contributed by atoms with E-state index in [-0.39, 0.29) is 17.8 Å². The minimum atomic E-state index is -0.132. The molecule has 1 aromatic carbocycles. The predicted molar refractivity (Wildman–Crippen MR) is 132 cm³/mol. The molecule has 4 rings (SSSR count). The van der Waals surface area contributed by atoms with Crippen LogP contribution in [0.4, 0.5) is 9.18 Å². The number of piperidine rings is 2. The van der Waals surface area contributed by atoms with Crippen molar-refractivity contribution in [1.29, 1.82) is 0 Å². The fourth-order valence-corrected chi connectivity index (χ4v) is 5.66. The van der Waals surface area contributed by atoms with Crippen molar-refractivity contribution in [3.05, 3.63) is 35.6 Å². The van der Waals surface area contributed by atoms with Crippen LogP contribution in [-0.2, 0) is 11.3 Å². The number of hydrogen-bond donors (Lipinski definition) is 2. The molecule has 3 amide bonds. The lowest BCUT2D eigenvalue weighted by Gasteiger charge is -2.34. The van der Waals surface area contributed by atoms with E-state index in [4.69, 9.17) is 0 Å². The van der Waals surface area contributed by atoms with Crippen molar-refractivity contribution in [2.45, 2.75) is 76.8 Å². The van der Waals surface area contributed by atoms with Crippen molar-refractivity contribution >= 4 is 11.9 Å². The molecule has 188 valence electrons. The Balaban J connectivity index is 1.08. The molecule has 6 nitrogen and oxygen atoms in total. The maximum absolute atomic E-state index is 13.9. The molecule has 1 saturated carbocycles. The Morgan fingerprint density at radius 1 is 0.882 bits per heavy atom. The molecule has 1 aromatic rings. The number of hydrogen-bond acceptors (Lipinski definition) is 3. The van der Waals surface area contributed by atoms with Crippen molar-refractivity contribution < 1.29 is 14.0 Å². The van der Waals surface area contributed by atoms with Gasteiger partial charge in [0.15, 0.2) is 0 Å². The summed E-state index contributed by atoms with van der Waals surface area (Å²) < 4.78 is 13.9. The number of halogens is 1. The lowest BCUT2D eigenvalue weighted by Crippen LogP contribution is -2.48. The summed E-state index contributed by atoms with van der Waals surface area (Å²) in [7, 11) is 0. The molecular formula is C27H41FN4O2. The second kappa shape index (κ2) is 12.5. The molecule has 0 aromatic heterocycles. The van der Waals surface area contributed by atoms with Crippen LogP contribution in [0.15, 0.2) is 24.3 Å². The van der Waals surface area contributed by atoms with Crippen LogP contribution in [-0.4, -0.2) is 60.5 Å². The summed E-state index contributed by atoms with van der Waals surface area (Å²) in [4.78, 5) is 29.3. The zero-order valence-corrected chi connectivity index (χ0v) is 20.4. The second-order valence-electron chi connectivity index (χ2n) is 10.5. The van der Waals surface area contributed by atoms with Crippen LogP contribution in [0.2, 0.25) is 0 Å². The average Bonchev–Trinajstić information content (AvgIpc) is 2.86. The molecule has 2 N–H and O–H groups in total. The van der Waals surface area contributed by atoms with Gasteiger partial charge in [-0.15, -0.1) is 0 Å². The Bertz CT molecular complexity index is 798. The fraction of sp³-hybridized carbons (Fsp3) is 0.704. The number of benzene rings is 1. The molecule has 0 bridgehead atoms. The van der Waals surface area contributed by atoms with Gasteiger partial charge in [-0.1, -0.05) is 37.5 Å². The number of amides is 3. The van der Waals surface area contributed by atoms with Gasteiger partial charge in [0.05, 0.1) is 0 Å². The lowest BCUT2D eigenvalue weighted by molar-refractivity contribution is -0.122. The Kier molecular flexibility index (Phi) is 9.19. The summed E-state index contributed by atoms with van der Waals surface area (Å²) in [6.45, 7) is 4.76. The second-order valence-corrected chi connectivity index (χ2v) is 10.5. The molecule has 1 aliphatic carbocycles. The molecule has 2 aliphatic heterocycles. The number of carbonyl (C=O) groups is 2. The van der Waals surface area contributed by atoms with Gasteiger partial charge in [0.2, 0.25) is 5.91 Å². The molecule has 7 heteroatoms.